The number of amides is 2. The standard InChI is InChI=1S/C21H29N3O4S/c1-21(2,24-29(27,28)17-6-4-3-5-16(17)19(22)25)20(26)23-18-14-8-12-7-13(10-14)11-15(18)9-12/h3-6,12-15,18,24H,7-11H2,1-2H3,(H2,22,25)(H,23,26). The van der Waals surface area contributed by atoms with Crippen LogP contribution in [0.4, 0.5) is 0 Å². The molecule has 4 fully saturated rings. The van der Waals surface area contributed by atoms with Crippen molar-refractivity contribution in [2.75, 3.05) is 0 Å². The third kappa shape index (κ3) is 3.80. The summed E-state index contributed by atoms with van der Waals surface area (Å²) in [5, 5.41) is 3.16. The highest BCUT2D eigenvalue weighted by Crippen LogP contribution is 2.53. The summed E-state index contributed by atoms with van der Waals surface area (Å²) in [6, 6.07) is 5.86. The Balaban J connectivity index is 1.50. The molecule has 0 aromatic heterocycles. The molecule has 7 nitrogen and oxygen atoms in total. The lowest BCUT2D eigenvalue weighted by Gasteiger charge is -2.54. The van der Waals surface area contributed by atoms with Gasteiger partial charge in [0.2, 0.25) is 21.8 Å². The molecule has 0 atom stereocenters. The second-order valence-electron chi connectivity index (χ2n) is 9.52. The summed E-state index contributed by atoms with van der Waals surface area (Å²) in [6.45, 7) is 3.09. The molecule has 0 radical (unpaired) electrons. The van der Waals surface area contributed by atoms with Gasteiger partial charge in [-0.3, -0.25) is 9.59 Å². The SMILES string of the molecule is CC(C)(NS(=O)(=O)c1ccccc1C(N)=O)C(=O)NC1C2CC3CC(C2)CC1C3. The molecule has 4 saturated carbocycles. The molecule has 0 aliphatic heterocycles. The van der Waals surface area contributed by atoms with Crippen molar-refractivity contribution in [3.63, 3.8) is 0 Å². The normalized spacial score (nSPS) is 30.9. The third-order valence-corrected chi connectivity index (χ3v) is 8.64. The summed E-state index contributed by atoms with van der Waals surface area (Å²) in [4.78, 5) is 24.5. The number of nitrogens with two attached hydrogens (primary N) is 1. The Hall–Kier alpha value is -1.93. The minimum Gasteiger partial charge on any atom is -0.366 e. The number of carbonyl (C=O) groups excluding carboxylic acids is 2. The molecular formula is C21H29N3O4S. The van der Waals surface area contributed by atoms with Crippen LogP contribution in [0.2, 0.25) is 0 Å². The van der Waals surface area contributed by atoms with Crippen LogP contribution in [0.15, 0.2) is 29.2 Å². The number of sulfonamides is 1. The van der Waals surface area contributed by atoms with Crippen molar-refractivity contribution in [1.29, 1.82) is 0 Å². The Morgan fingerprint density at radius 3 is 2.10 bits per heavy atom. The van der Waals surface area contributed by atoms with Gasteiger partial charge in [-0.15, -0.1) is 0 Å². The zero-order chi connectivity index (χ0) is 21.0. The lowest BCUT2D eigenvalue weighted by molar-refractivity contribution is -0.129. The van der Waals surface area contributed by atoms with Crippen molar-refractivity contribution in [2.45, 2.75) is 62.4 Å². The molecule has 29 heavy (non-hydrogen) atoms. The summed E-state index contributed by atoms with van der Waals surface area (Å²) >= 11 is 0. The fourth-order valence-electron chi connectivity index (χ4n) is 5.83. The van der Waals surface area contributed by atoms with Gasteiger partial charge in [-0.2, -0.15) is 4.72 Å². The highest BCUT2D eigenvalue weighted by Gasteiger charge is 2.49. The van der Waals surface area contributed by atoms with Crippen LogP contribution in [-0.4, -0.2) is 31.8 Å². The van der Waals surface area contributed by atoms with E-state index in [9.17, 15) is 18.0 Å². The van der Waals surface area contributed by atoms with E-state index in [0.717, 1.165) is 37.5 Å². The van der Waals surface area contributed by atoms with Crippen molar-refractivity contribution in [2.24, 2.45) is 29.4 Å². The van der Waals surface area contributed by atoms with Crippen LogP contribution in [-0.2, 0) is 14.8 Å². The first-order valence-corrected chi connectivity index (χ1v) is 11.8. The molecule has 0 spiro atoms. The van der Waals surface area contributed by atoms with Crippen molar-refractivity contribution in [3.8, 4) is 0 Å². The van der Waals surface area contributed by atoms with Crippen molar-refractivity contribution in [1.82, 2.24) is 10.0 Å². The Kier molecular flexibility index (Phi) is 4.98. The Morgan fingerprint density at radius 2 is 1.55 bits per heavy atom. The Bertz CT molecular complexity index is 913. The van der Waals surface area contributed by atoms with E-state index in [4.69, 9.17) is 5.73 Å². The summed E-state index contributed by atoms with van der Waals surface area (Å²) in [7, 11) is -4.11. The Labute approximate surface area is 171 Å². The maximum absolute atomic E-state index is 13.1. The van der Waals surface area contributed by atoms with Crippen molar-refractivity contribution in [3.05, 3.63) is 29.8 Å². The minimum atomic E-state index is -4.11. The zero-order valence-electron chi connectivity index (χ0n) is 16.9. The molecule has 8 heteroatoms. The largest absolute Gasteiger partial charge is 0.366 e. The lowest BCUT2D eigenvalue weighted by Crippen LogP contribution is -2.62. The van der Waals surface area contributed by atoms with Gasteiger partial charge in [0.1, 0.15) is 5.54 Å². The molecule has 4 N–H and O–H groups in total. The number of hydrogen-bond acceptors (Lipinski definition) is 4. The van der Waals surface area contributed by atoms with Crippen molar-refractivity contribution >= 4 is 21.8 Å². The fraction of sp³-hybridized carbons (Fsp3) is 0.619. The highest BCUT2D eigenvalue weighted by molar-refractivity contribution is 7.89. The van der Waals surface area contributed by atoms with E-state index < -0.39 is 21.5 Å². The zero-order valence-corrected chi connectivity index (χ0v) is 17.7. The van der Waals surface area contributed by atoms with Gasteiger partial charge < -0.3 is 11.1 Å². The average molecular weight is 420 g/mol. The lowest BCUT2D eigenvalue weighted by atomic mass is 9.54. The van der Waals surface area contributed by atoms with E-state index in [0.29, 0.717) is 11.8 Å². The highest BCUT2D eigenvalue weighted by atomic mass is 32.2. The molecule has 1 aromatic rings. The van der Waals surface area contributed by atoms with Crippen LogP contribution in [0, 0.1) is 23.7 Å². The molecule has 2 amide bonds. The Morgan fingerprint density at radius 1 is 1.00 bits per heavy atom. The maximum atomic E-state index is 13.1. The first-order valence-electron chi connectivity index (χ1n) is 10.3. The van der Waals surface area contributed by atoms with E-state index >= 15 is 0 Å². The van der Waals surface area contributed by atoms with Crippen LogP contribution in [0.5, 0.6) is 0 Å². The first-order chi connectivity index (χ1) is 13.6. The predicted octanol–water partition coefficient (Wildman–Crippen LogP) is 1.78. The number of rotatable bonds is 6. The van der Waals surface area contributed by atoms with Crippen molar-refractivity contribution < 1.29 is 18.0 Å². The predicted molar refractivity (Wildman–Crippen MR) is 108 cm³/mol. The van der Waals surface area contributed by atoms with Crippen LogP contribution in [0.3, 0.4) is 0 Å². The summed E-state index contributed by atoms with van der Waals surface area (Å²) in [5.74, 6) is 1.42. The van der Waals surface area contributed by atoms with Crippen LogP contribution >= 0.6 is 0 Å². The van der Waals surface area contributed by atoms with Gasteiger partial charge in [-0.1, -0.05) is 12.1 Å². The molecule has 1 aromatic carbocycles. The van der Waals surface area contributed by atoms with Gasteiger partial charge in [0.05, 0.1) is 10.5 Å². The number of carbonyl (C=O) groups is 2. The van der Waals surface area contributed by atoms with E-state index in [2.05, 4.69) is 10.0 Å². The molecule has 0 unspecified atom stereocenters. The van der Waals surface area contributed by atoms with Crippen LogP contribution in [0.25, 0.3) is 0 Å². The molecule has 4 bridgehead atoms. The molecule has 0 heterocycles. The van der Waals surface area contributed by atoms with Gasteiger partial charge in [-0.05, 0) is 81.8 Å². The molecule has 158 valence electrons. The molecule has 5 rings (SSSR count). The van der Waals surface area contributed by atoms with E-state index in [1.54, 1.807) is 19.9 Å². The number of benzene rings is 1. The van der Waals surface area contributed by atoms with E-state index in [-0.39, 0.29) is 22.4 Å². The first kappa shape index (κ1) is 20.3. The number of primary amides is 1. The average Bonchev–Trinajstić information content (AvgIpc) is 2.63. The molecule has 4 aliphatic carbocycles. The minimum absolute atomic E-state index is 0.0998. The quantitative estimate of drug-likeness (QED) is 0.651. The van der Waals surface area contributed by atoms with E-state index in [1.807, 2.05) is 0 Å². The van der Waals surface area contributed by atoms with Gasteiger partial charge in [0, 0.05) is 6.04 Å². The number of hydrogen-bond donors (Lipinski definition) is 3. The van der Waals surface area contributed by atoms with E-state index in [1.165, 1.54) is 24.6 Å². The molecule has 0 saturated heterocycles. The third-order valence-electron chi connectivity index (χ3n) is 6.92. The van der Waals surface area contributed by atoms with Crippen LogP contribution in [0.1, 0.15) is 56.3 Å². The topological polar surface area (TPSA) is 118 Å². The fourth-order valence-corrected chi connectivity index (χ4v) is 7.42. The number of nitrogens with one attached hydrogen (secondary N) is 2. The van der Waals surface area contributed by atoms with Gasteiger partial charge in [-0.25, -0.2) is 8.42 Å². The smallest absolute Gasteiger partial charge is 0.250 e. The van der Waals surface area contributed by atoms with Gasteiger partial charge >= 0.3 is 0 Å². The summed E-state index contributed by atoms with van der Waals surface area (Å²) in [5.41, 5.74) is 3.85. The van der Waals surface area contributed by atoms with Crippen LogP contribution < -0.4 is 15.8 Å². The second kappa shape index (κ2) is 7.09. The monoisotopic (exact) mass is 419 g/mol. The maximum Gasteiger partial charge on any atom is 0.250 e. The molecular weight excluding hydrogens is 390 g/mol. The van der Waals surface area contributed by atoms with Gasteiger partial charge in [0.25, 0.3) is 0 Å². The second-order valence-corrected chi connectivity index (χ2v) is 11.2. The summed E-state index contributed by atoms with van der Waals surface area (Å²) in [6.07, 6.45) is 5.98. The molecule has 4 aliphatic rings. The summed E-state index contributed by atoms with van der Waals surface area (Å²) < 4.78 is 28.3. The van der Waals surface area contributed by atoms with Gasteiger partial charge in [0.15, 0.2) is 0 Å².